The van der Waals surface area contributed by atoms with Gasteiger partial charge >= 0.3 is 5.97 Å². The number of carbonyl (C=O) groups excluding carboxylic acids is 3. The predicted octanol–water partition coefficient (Wildman–Crippen LogP) is 1.07. The van der Waals surface area contributed by atoms with Crippen molar-refractivity contribution < 1.29 is 33.3 Å². The fourth-order valence-electron chi connectivity index (χ4n) is 3.36. The molecule has 1 fully saturated rings. The van der Waals surface area contributed by atoms with E-state index in [2.05, 4.69) is 5.32 Å². The van der Waals surface area contributed by atoms with Crippen LogP contribution in [0.4, 0.5) is 0 Å². The van der Waals surface area contributed by atoms with Gasteiger partial charge in [0.15, 0.2) is 6.10 Å². The largest absolute Gasteiger partial charge is 0.497 e. The highest BCUT2D eigenvalue weighted by molar-refractivity contribution is 8.02. The molecule has 3 rings (SSSR count). The van der Waals surface area contributed by atoms with Gasteiger partial charge < -0.3 is 29.2 Å². The minimum Gasteiger partial charge on any atom is -0.497 e. The number of fused-ring (bicyclic) bond motifs is 1. The van der Waals surface area contributed by atoms with E-state index in [1.807, 2.05) is 0 Å². The first-order valence-electron chi connectivity index (χ1n) is 9.22. The molecule has 3 atom stereocenters. The molecule has 0 saturated carbocycles. The van der Waals surface area contributed by atoms with E-state index in [1.54, 1.807) is 30.7 Å². The summed E-state index contributed by atoms with van der Waals surface area (Å²) in [6.45, 7) is 1.41. The molecule has 2 heterocycles. The maximum Gasteiger partial charge on any atom is 0.302 e. The van der Waals surface area contributed by atoms with Crippen molar-refractivity contribution in [1.29, 1.82) is 0 Å². The average molecular weight is 436 g/mol. The lowest BCUT2D eigenvalue weighted by molar-refractivity contribution is -0.168. The molecule has 0 radical (unpaired) electrons. The van der Waals surface area contributed by atoms with Gasteiger partial charge in [0.25, 0.3) is 5.91 Å². The van der Waals surface area contributed by atoms with Gasteiger partial charge in [-0.1, -0.05) is 0 Å². The van der Waals surface area contributed by atoms with E-state index in [-0.39, 0.29) is 30.3 Å². The second-order valence-corrected chi connectivity index (χ2v) is 7.69. The number of rotatable bonds is 8. The molecule has 0 aromatic heterocycles. The summed E-state index contributed by atoms with van der Waals surface area (Å²) in [6.07, 6.45) is -0.599. The smallest absolute Gasteiger partial charge is 0.302 e. The molecule has 1 aromatic carbocycles. The minimum absolute atomic E-state index is 0.0690. The van der Waals surface area contributed by atoms with Gasteiger partial charge in [-0.2, -0.15) is 0 Å². The van der Waals surface area contributed by atoms with E-state index in [0.29, 0.717) is 17.1 Å². The highest BCUT2D eigenvalue weighted by Crippen LogP contribution is 2.41. The SMILES string of the molecule is COc1ccc(CNC(=O)C2C(COC(C)=O)=CS[C@@H]3[C@@H](OC)C(=O)N23)c(OC)c1. The first-order chi connectivity index (χ1) is 14.4. The van der Waals surface area contributed by atoms with Gasteiger partial charge in [-0.25, -0.2) is 0 Å². The van der Waals surface area contributed by atoms with Crippen LogP contribution in [0.15, 0.2) is 29.2 Å². The Labute approximate surface area is 178 Å². The van der Waals surface area contributed by atoms with Gasteiger partial charge in [-0.3, -0.25) is 14.4 Å². The Balaban J connectivity index is 1.77. The summed E-state index contributed by atoms with van der Waals surface area (Å²) in [5.74, 6) is 0.0965. The summed E-state index contributed by atoms with van der Waals surface area (Å²) in [5.41, 5.74) is 1.29. The molecule has 1 aromatic rings. The Morgan fingerprint density at radius 3 is 2.60 bits per heavy atom. The molecule has 30 heavy (non-hydrogen) atoms. The summed E-state index contributed by atoms with van der Waals surface area (Å²) in [4.78, 5) is 38.3. The molecule has 1 saturated heterocycles. The Bertz CT molecular complexity index is 873. The number of amides is 2. The van der Waals surface area contributed by atoms with Crippen LogP contribution in [0, 0.1) is 0 Å². The minimum atomic E-state index is -0.876. The van der Waals surface area contributed by atoms with E-state index in [1.165, 1.54) is 37.8 Å². The number of methoxy groups -OCH3 is 3. The van der Waals surface area contributed by atoms with Gasteiger partial charge in [-0.15, -0.1) is 11.8 Å². The topological polar surface area (TPSA) is 103 Å². The van der Waals surface area contributed by atoms with E-state index in [4.69, 9.17) is 18.9 Å². The maximum absolute atomic E-state index is 13.1. The van der Waals surface area contributed by atoms with Crippen molar-refractivity contribution in [3.05, 3.63) is 34.7 Å². The Morgan fingerprint density at radius 2 is 1.97 bits per heavy atom. The third-order valence-corrected chi connectivity index (χ3v) is 6.10. The zero-order valence-electron chi connectivity index (χ0n) is 17.2. The molecule has 1 unspecified atom stereocenters. The zero-order chi connectivity index (χ0) is 21.8. The molecule has 2 aliphatic rings. The number of nitrogens with one attached hydrogen (secondary N) is 1. The molecule has 0 spiro atoms. The van der Waals surface area contributed by atoms with Crippen molar-refractivity contribution in [2.24, 2.45) is 0 Å². The molecule has 10 heteroatoms. The lowest BCUT2D eigenvalue weighted by Crippen LogP contribution is -2.70. The first-order valence-corrected chi connectivity index (χ1v) is 10.2. The molecule has 0 aliphatic carbocycles. The van der Waals surface area contributed by atoms with E-state index in [9.17, 15) is 14.4 Å². The quantitative estimate of drug-likeness (QED) is 0.477. The Morgan fingerprint density at radius 1 is 1.20 bits per heavy atom. The molecule has 162 valence electrons. The lowest BCUT2D eigenvalue weighted by atomic mass is 9.99. The van der Waals surface area contributed by atoms with Crippen LogP contribution in [0.5, 0.6) is 11.5 Å². The number of hydrogen-bond acceptors (Lipinski definition) is 8. The van der Waals surface area contributed by atoms with Crippen LogP contribution in [0.2, 0.25) is 0 Å². The van der Waals surface area contributed by atoms with Crippen LogP contribution in [0.1, 0.15) is 12.5 Å². The Kier molecular flexibility index (Phi) is 6.88. The number of hydrogen-bond donors (Lipinski definition) is 1. The third-order valence-electron chi connectivity index (χ3n) is 4.91. The first kappa shape index (κ1) is 22.0. The molecule has 2 aliphatic heterocycles. The van der Waals surface area contributed by atoms with Crippen LogP contribution in [0.25, 0.3) is 0 Å². The summed E-state index contributed by atoms with van der Waals surface area (Å²) in [7, 11) is 4.55. The number of benzene rings is 1. The molecular weight excluding hydrogens is 412 g/mol. The van der Waals surface area contributed by atoms with Crippen molar-refractivity contribution in [2.45, 2.75) is 31.0 Å². The summed E-state index contributed by atoms with van der Waals surface area (Å²) >= 11 is 1.37. The second kappa shape index (κ2) is 9.40. The van der Waals surface area contributed by atoms with Crippen molar-refractivity contribution in [3.63, 3.8) is 0 Å². The molecule has 2 amide bonds. The van der Waals surface area contributed by atoms with Gasteiger partial charge in [0.2, 0.25) is 5.91 Å². The van der Waals surface area contributed by atoms with Crippen molar-refractivity contribution in [2.75, 3.05) is 27.9 Å². The molecule has 9 nitrogen and oxygen atoms in total. The van der Waals surface area contributed by atoms with Crippen LogP contribution < -0.4 is 14.8 Å². The number of ether oxygens (including phenoxy) is 4. The van der Waals surface area contributed by atoms with Crippen LogP contribution >= 0.6 is 11.8 Å². The van der Waals surface area contributed by atoms with Crippen LogP contribution in [-0.4, -0.2) is 68.1 Å². The van der Waals surface area contributed by atoms with Crippen LogP contribution in [-0.2, 0) is 30.4 Å². The number of β-lactam (4-membered cyclic amide) rings is 1. The standard InChI is InChI=1S/C20H24N2O7S/c1-11(23)29-9-13-10-30-20-17(28-4)19(25)22(20)16(13)18(24)21-8-12-5-6-14(26-2)7-15(12)27-3/h5-7,10,16-17,20H,8-9H2,1-4H3,(H,21,24)/t16?,17-,20+/m0/s1. The summed E-state index contributed by atoms with van der Waals surface area (Å²) in [5, 5.41) is 4.32. The van der Waals surface area contributed by atoms with E-state index >= 15 is 0 Å². The molecular formula is C20H24N2O7S. The number of nitrogens with zero attached hydrogens (tertiary/aromatic N) is 1. The van der Waals surface area contributed by atoms with Crippen molar-refractivity contribution in [1.82, 2.24) is 10.2 Å². The summed E-state index contributed by atoms with van der Waals surface area (Å²) < 4.78 is 20.8. The van der Waals surface area contributed by atoms with Gasteiger partial charge in [-0.05, 0) is 17.5 Å². The highest BCUT2D eigenvalue weighted by Gasteiger charge is 2.55. The normalized spacial score (nSPS) is 22.4. The summed E-state index contributed by atoms with van der Waals surface area (Å²) in [6, 6.07) is 4.41. The van der Waals surface area contributed by atoms with Gasteiger partial charge in [0.1, 0.15) is 29.5 Å². The number of carbonyl (C=O) groups is 3. The second-order valence-electron chi connectivity index (χ2n) is 6.70. The molecule has 0 bridgehead atoms. The molecule has 1 N–H and O–H groups in total. The number of esters is 1. The number of thioether (sulfide) groups is 1. The predicted molar refractivity (Wildman–Crippen MR) is 109 cm³/mol. The Hall–Kier alpha value is -2.72. The van der Waals surface area contributed by atoms with E-state index < -0.39 is 18.1 Å². The average Bonchev–Trinajstić information content (AvgIpc) is 2.75. The van der Waals surface area contributed by atoms with Crippen molar-refractivity contribution >= 4 is 29.5 Å². The monoisotopic (exact) mass is 436 g/mol. The van der Waals surface area contributed by atoms with Gasteiger partial charge in [0.05, 0.1) is 14.2 Å². The highest BCUT2D eigenvalue weighted by atomic mass is 32.2. The fourth-order valence-corrected chi connectivity index (χ4v) is 4.59. The lowest BCUT2D eigenvalue weighted by Gasteiger charge is -2.51. The zero-order valence-corrected chi connectivity index (χ0v) is 18.0. The third kappa shape index (κ3) is 4.24. The van der Waals surface area contributed by atoms with E-state index in [0.717, 1.165) is 5.56 Å². The fraction of sp³-hybridized carbons (Fsp3) is 0.450. The van der Waals surface area contributed by atoms with Gasteiger partial charge in [0, 0.05) is 37.8 Å². The van der Waals surface area contributed by atoms with Crippen molar-refractivity contribution in [3.8, 4) is 11.5 Å². The maximum atomic E-state index is 13.1. The van der Waals surface area contributed by atoms with Crippen LogP contribution in [0.3, 0.4) is 0 Å².